The first-order chi connectivity index (χ1) is 16.0. The van der Waals surface area contributed by atoms with E-state index in [0.717, 1.165) is 5.56 Å². The van der Waals surface area contributed by atoms with Crippen LogP contribution in [0.1, 0.15) is 46.1 Å². The van der Waals surface area contributed by atoms with E-state index in [1.54, 1.807) is 31.2 Å². The van der Waals surface area contributed by atoms with Gasteiger partial charge in [-0.3, -0.25) is 14.4 Å². The first-order valence-electron chi connectivity index (χ1n) is 11.5. The summed E-state index contributed by atoms with van der Waals surface area (Å²) in [5.41, 5.74) is 6.30. The second kappa shape index (κ2) is 14.3. The molecule has 7 N–H and O–H groups in total. The molecule has 0 spiro atoms. The van der Waals surface area contributed by atoms with E-state index < -0.39 is 54.5 Å². The fourth-order valence-corrected chi connectivity index (χ4v) is 3.33. The minimum Gasteiger partial charge on any atom is -0.480 e. The standard InChI is InChI=1S/C24H38N4O6/c1-5-15(4)20(28-21(30)17(25)13-29)23(32)26-18(11-14(2)3)22(31)27-19(24(33)34)12-16-9-7-6-8-10-16/h6-10,14-15,17-20,29H,5,11-13,25H2,1-4H3,(H,26,32)(H,27,31)(H,28,30)(H,33,34). The highest BCUT2D eigenvalue weighted by Gasteiger charge is 2.32. The monoisotopic (exact) mass is 478 g/mol. The van der Waals surface area contributed by atoms with E-state index in [4.69, 9.17) is 10.8 Å². The van der Waals surface area contributed by atoms with Gasteiger partial charge in [-0.05, 0) is 23.8 Å². The van der Waals surface area contributed by atoms with Crippen molar-refractivity contribution in [3.8, 4) is 0 Å². The van der Waals surface area contributed by atoms with E-state index >= 15 is 0 Å². The molecule has 1 rings (SSSR count). The van der Waals surface area contributed by atoms with Crippen LogP contribution in [0.25, 0.3) is 0 Å². The lowest BCUT2D eigenvalue weighted by Gasteiger charge is -2.28. The summed E-state index contributed by atoms with van der Waals surface area (Å²) in [4.78, 5) is 50.1. The van der Waals surface area contributed by atoms with Crippen molar-refractivity contribution in [2.75, 3.05) is 6.61 Å². The lowest BCUT2D eigenvalue weighted by Crippen LogP contribution is -2.59. The predicted molar refractivity (Wildman–Crippen MR) is 128 cm³/mol. The minimum atomic E-state index is -1.19. The zero-order valence-electron chi connectivity index (χ0n) is 20.3. The van der Waals surface area contributed by atoms with Gasteiger partial charge in [0.2, 0.25) is 17.7 Å². The number of aliphatic hydroxyl groups excluding tert-OH is 1. The van der Waals surface area contributed by atoms with Crippen LogP contribution in [-0.2, 0) is 25.6 Å². The molecule has 0 aliphatic heterocycles. The zero-order valence-corrected chi connectivity index (χ0v) is 20.3. The lowest BCUT2D eigenvalue weighted by atomic mass is 9.96. The molecular weight excluding hydrogens is 440 g/mol. The van der Waals surface area contributed by atoms with Gasteiger partial charge in [-0.1, -0.05) is 64.4 Å². The maximum atomic E-state index is 13.1. The number of carboxylic acid groups (broad SMARTS) is 1. The van der Waals surface area contributed by atoms with Gasteiger partial charge in [-0.2, -0.15) is 0 Å². The van der Waals surface area contributed by atoms with Gasteiger partial charge >= 0.3 is 5.97 Å². The average Bonchev–Trinajstić information content (AvgIpc) is 2.80. The number of rotatable bonds is 14. The molecule has 10 nitrogen and oxygen atoms in total. The molecule has 0 radical (unpaired) electrons. The number of amides is 3. The second-order valence-electron chi connectivity index (χ2n) is 8.94. The third kappa shape index (κ3) is 9.48. The molecule has 190 valence electrons. The SMILES string of the molecule is CCC(C)C(NC(=O)C(N)CO)C(=O)NC(CC(C)C)C(=O)NC(Cc1ccccc1)C(=O)O. The highest BCUT2D eigenvalue weighted by molar-refractivity contribution is 5.94. The summed E-state index contributed by atoms with van der Waals surface area (Å²) in [6.45, 7) is 6.80. The Morgan fingerprint density at radius 2 is 1.50 bits per heavy atom. The molecular formula is C24H38N4O6. The number of carbonyl (C=O) groups excluding carboxylic acids is 3. The minimum absolute atomic E-state index is 0.0212. The molecule has 0 saturated carbocycles. The molecule has 0 saturated heterocycles. The Kier molecular flexibility index (Phi) is 12.2. The van der Waals surface area contributed by atoms with Gasteiger partial charge in [0.1, 0.15) is 24.2 Å². The van der Waals surface area contributed by atoms with Crippen LogP contribution in [0.5, 0.6) is 0 Å². The smallest absolute Gasteiger partial charge is 0.326 e. The molecule has 5 atom stereocenters. The second-order valence-corrected chi connectivity index (χ2v) is 8.94. The molecule has 0 aliphatic carbocycles. The number of carboxylic acids is 1. The van der Waals surface area contributed by atoms with Crippen molar-refractivity contribution < 1.29 is 29.4 Å². The Labute approximate surface area is 200 Å². The van der Waals surface area contributed by atoms with Gasteiger partial charge in [0, 0.05) is 6.42 Å². The Hall–Kier alpha value is -2.98. The summed E-state index contributed by atoms with van der Waals surface area (Å²) < 4.78 is 0. The quantitative estimate of drug-likeness (QED) is 0.221. The average molecular weight is 479 g/mol. The summed E-state index contributed by atoms with van der Waals surface area (Å²) >= 11 is 0. The molecule has 5 unspecified atom stereocenters. The van der Waals surface area contributed by atoms with Gasteiger partial charge in [-0.15, -0.1) is 0 Å². The van der Waals surface area contributed by atoms with Crippen molar-refractivity contribution in [3.63, 3.8) is 0 Å². The Bertz CT molecular complexity index is 817. The summed E-state index contributed by atoms with van der Waals surface area (Å²) in [5, 5.41) is 26.5. The maximum absolute atomic E-state index is 13.1. The van der Waals surface area contributed by atoms with E-state index in [0.29, 0.717) is 6.42 Å². The number of hydrogen-bond acceptors (Lipinski definition) is 6. The molecule has 0 bridgehead atoms. The van der Waals surface area contributed by atoms with Crippen molar-refractivity contribution in [1.82, 2.24) is 16.0 Å². The molecule has 0 heterocycles. The highest BCUT2D eigenvalue weighted by Crippen LogP contribution is 2.12. The fraction of sp³-hybridized carbons (Fsp3) is 0.583. The van der Waals surface area contributed by atoms with Crippen LogP contribution in [0, 0.1) is 11.8 Å². The van der Waals surface area contributed by atoms with E-state index in [9.17, 15) is 24.3 Å². The number of nitrogens with one attached hydrogen (secondary N) is 3. The molecule has 1 aromatic carbocycles. The summed E-state index contributed by atoms with van der Waals surface area (Å²) in [6.07, 6.45) is 0.924. The van der Waals surface area contributed by atoms with Crippen molar-refractivity contribution in [2.24, 2.45) is 17.6 Å². The Balaban J connectivity index is 3.01. The first kappa shape index (κ1) is 29.1. The molecule has 34 heavy (non-hydrogen) atoms. The van der Waals surface area contributed by atoms with Crippen LogP contribution in [0.4, 0.5) is 0 Å². The number of aliphatic hydroxyl groups is 1. The third-order valence-electron chi connectivity index (χ3n) is 5.56. The van der Waals surface area contributed by atoms with Crippen LogP contribution in [0.2, 0.25) is 0 Å². The van der Waals surface area contributed by atoms with Gasteiger partial charge in [0.15, 0.2) is 0 Å². The van der Waals surface area contributed by atoms with Crippen molar-refractivity contribution in [1.29, 1.82) is 0 Å². The number of carbonyl (C=O) groups is 4. The predicted octanol–water partition coefficient (Wildman–Crippen LogP) is 0.180. The number of benzene rings is 1. The molecule has 0 fully saturated rings. The fourth-order valence-electron chi connectivity index (χ4n) is 3.33. The number of aliphatic carboxylic acids is 1. The van der Waals surface area contributed by atoms with Crippen LogP contribution in [-0.4, -0.2) is 64.7 Å². The van der Waals surface area contributed by atoms with E-state index in [1.165, 1.54) is 0 Å². The van der Waals surface area contributed by atoms with E-state index in [1.807, 2.05) is 26.8 Å². The molecule has 0 aromatic heterocycles. The van der Waals surface area contributed by atoms with E-state index in [2.05, 4.69) is 16.0 Å². The number of hydrogen-bond donors (Lipinski definition) is 6. The highest BCUT2D eigenvalue weighted by atomic mass is 16.4. The molecule has 0 aliphatic rings. The number of nitrogens with two attached hydrogens (primary N) is 1. The topological polar surface area (TPSA) is 171 Å². The first-order valence-corrected chi connectivity index (χ1v) is 11.5. The summed E-state index contributed by atoms with van der Waals surface area (Å²) in [7, 11) is 0. The summed E-state index contributed by atoms with van der Waals surface area (Å²) in [5.74, 6) is -3.32. The van der Waals surface area contributed by atoms with Crippen LogP contribution in [0.3, 0.4) is 0 Å². The Morgan fingerprint density at radius 1 is 0.912 bits per heavy atom. The van der Waals surface area contributed by atoms with Gasteiger partial charge in [0.05, 0.1) is 6.61 Å². The zero-order chi connectivity index (χ0) is 25.8. The normalized spacial score (nSPS) is 15.5. The molecule has 1 aromatic rings. The molecule has 3 amide bonds. The summed E-state index contributed by atoms with van der Waals surface area (Å²) in [6, 6.07) is 4.59. The van der Waals surface area contributed by atoms with Gasteiger partial charge in [0.25, 0.3) is 0 Å². The van der Waals surface area contributed by atoms with Crippen molar-refractivity contribution >= 4 is 23.7 Å². The van der Waals surface area contributed by atoms with Crippen molar-refractivity contribution in [3.05, 3.63) is 35.9 Å². The Morgan fingerprint density at radius 3 is 2.00 bits per heavy atom. The van der Waals surface area contributed by atoms with Gasteiger partial charge < -0.3 is 31.9 Å². The van der Waals surface area contributed by atoms with Crippen LogP contribution >= 0.6 is 0 Å². The van der Waals surface area contributed by atoms with Crippen molar-refractivity contribution in [2.45, 2.75) is 71.1 Å². The maximum Gasteiger partial charge on any atom is 0.326 e. The molecule has 10 heteroatoms. The van der Waals surface area contributed by atoms with Gasteiger partial charge in [-0.25, -0.2) is 4.79 Å². The lowest BCUT2D eigenvalue weighted by molar-refractivity contribution is -0.142. The third-order valence-corrected chi connectivity index (χ3v) is 5.56. The van der Waals surface area contributed by atoms with Crippen LogP contribution < -0.4 is 21.7 Å². The van der Waals surface area contributed by atoms with Crippen LogP contribution in [0.15, 0.2) is 30.3 Å². The largest absolute Gasteiger partial charge is 0.480 e. The van der Waals surface area contributed by atoms with E-state index in [-0.39, 0.29) is 24.7 Å².